The van der Waals surface area contributed by atoms with Gasteiger partial charge in [-0.15, -0.1) is 11.8 Å². The third-order valence-corrected chi connectivity index (χ3v) is 12.1. The fourth-order valence-corrected chi connectivity index (χ4v) is 10.8. The second-order valence-electron chi connectivity index (χ2n) is 11.4. The number of fused-ring (bicyclic) bond motifs is 1. The van der Waals surface area contributed by atoms with Crippen LogP contribution in [0.4, 0.5) is 0 Å². The molecule has 0 radical (unpaired) electrons. The van der Waals surface area contributed by atoms with Gasteiger partial charge in [-0.3, -0.25) is 14.4 Å². The molecular weight excluding hydrogens is 566 g/mol. The van der Waals surface area contributed by atoms with Gasteiger partial charge in [0.1, 0.15) is 6.04 Å². The Morgan fingerprint density at radius 1 is 1.05 bits per heavy atom. The molecule has 3 heterocycles. The van der Waals surface area contributed by atoms with Crippen molar-refractivity contribution >= 4 is 45.4 Å². The molecule has 3 aliphatic heterocycles. The van der Waals surface area contributed by atoms with Gasteiger partial charge in [0, 0.05) is 35.8 Å². The van der Waals surface area contributed by atoms with E-state index in [2.05, 4.69) is 26.6 Å². The van der Waals surface area contributed by atoms with Crippen molar-refractivity contribution < 1.29 is 19.5 Å². The van der Waals surface area contributed by atoms with Crippen molar-refractivity contribution in [1.29, 1.82) is 0 Å². The average Bonchev–Trinajstić information content (AvgIpc) is 3.51. The molecule has 2 bridgehead atoms. The fourth-order valence-electron chi connectivity index (χ4n) is 7.15. The van der Waals surface area contributed by atoms with Crippen LogP contribution in [-0.4, -0.2) is 67.8 Å². The standard InChI is InChI=1S/C29H40BrN3O4S/c30-21-17-29-23(22(24(21)38-29)26(35)31-18-19-11-5-3-6-12-19)28(37)33(15-9-1-2-10-16-34)25(29)27(36)32-20-13-7-4-8-14-20/h3,5-6,11-12,20-25,34H,1-2,4,7-10,13-18H2,(H,31,35)(H,32,36)/t21?,22-,23+,24-,25?,29?/m1/s1. The number of hydrogen-bond acceptors (Lipinski definition) is 5. The number of aliphatic hydroxyl groups is 1. The molecule has 1 aromatic carbocycles. The molecular formula is C29H40BrN3O4S. The SMILES string of the molecule is O=C(NC1CCCCC1)C1N(CCCCCCO)C(=O)[C@@H]2[C@@H](C(=O)NCc3ccccc3)[C@@H]3SC12CC3Br. The Bertz CT molecular complexity index is 1010. The van der Waals surface area contributed by atoms with E-state index in [-0.39, 0.29) is 40.4 Å². The van der Waals surface area contributed by atoms with Crippen molar-refractivity contribution in [2.75, 3.05) is 13.2 Å². The molecule has 208 valence electrons. The van der Waals surface area contributed by atoms with Crippen LogP contribution in [0.3, 0.4) is 0 Å². The molecule has 3 amide bonds. The van der Waals surface area contributed by atoms with Gasteiger partial charge < -0.3 is 20.6 Å². The molecule has 3 N–H and O–H groups in total. The third-order valence-electron chi connectivity index (χ3n) is 8.91. The lowest BCUT2D eigenvalue weighted by Gasteiger charge is -2.36. The number of halogens is 1. The summed E-state index contributed by atoms with van der Waals surface area (Å²) in [4.78, 5) is 43.6. The number of carbonyl (C=O) groups excluding carboxylic acids is 3. The van der Waals surface area contributed by atoms with Crippen LogP contribution in [-0.2, 0) is 20.9 Å². The van der Waals surface area contributed by atoms with E-state index < -0.39 is 22.6 Å². The predicted molar refractivity (Wildman–Crippen MR) is 153 cm³/mol. The minimum atomic E-state index is -0.589. The number of alkyl halides is 1. The molecule has 1 saturated carbocycles. The highest BCUT2D eigenvalue weighted by atomic mass is 79.9. The quantitative estimate of drug-likeness (QED) is 0.263. The minimum absolute atomic E-state index is 0.0311. The number of carbonyl (C=O) groups is 3. The van der Waals surface area contributed by atoms with Gasteiger partial charge in [0.05, 0.1) is 16.6 Å². The Balaban J connectivity index is 1.37. The van der Waals surface area contributed by atoms with Gasteiger partial charge in [0.2, 0.25) is 17.7 Å². The van der Waals surface area contributed by atoms with Gasteiger partial charge in [0.15, 0.2) is 0 Å². The first kappa shape index (κ1) is 28.0. The Hall–Kier alpha value is -1.58. The molecule has 1 aromatic rings. The lowest BCUT2D eigenvalue weighted by Crippen LogP contribution is -2.56. The molecule has 3 saturated heterocycles. The van der Waals surface area contributed by atoms with Gasteiger partial charge in [-0.2, -0.15) is 0 Å². The number of aliphatic hydroxyl groups excluding tert-OH is 1. The number of nitrogens with zero attached hydrogens (tertiary/aromatic N) is 1. The highest BCUT2D eigenvalue weighted by molar-refractivity contribution is 9.09. The van der Waals surface area contributed by atoms with Crippen LogP contribution in [0.2, 0.25) is 0 Å². The number of benzene rings is 1. The lowest BCUT2D eigenvalue weighted by atomic mass is 9.70. The van der Waals surface area contributed by atoms with Gasteiger partial charge in [-0.05, 0) is 37.7 Å². The summed E-state index contributed by atoms with van der Waals surface area (Å²) >= 11 is 5.55. The Morgan fingerprint density at radius 2 is 1.79 bits per heavy atom. The van der Waals surface area contributed by atoms with Crippen LogP contribution in [0.5, 0.6) is 0 Å². The molecule has 4 fully saturated rings. The first-order chi connectivity index (χ1) is 18.5. The monoisotopic (exact) mass is 605 g/mol. The van der Waals surface area contributed by atoms with Crippen molar-refractivity contribution in [3.63, 3.8) is 0 Å². The summed E-state index contributed by atoms with van der Waals surface area (Å²) in [5, 5.41) is 15.5. The number of amides is 3. The topological polar surface area (TPSA) is 98.7 Å². The van der Waals surface area contributed by atoms with E-state index in [0.717, 1.165) is 56.9 Å². The van der Waals surface area contributed by atoms with E-state index in [9.17, 15) is 14.4 Å². The fraction of sp³-hybridized carbons (Fsp3) is 0.690. The van der Waals surface area contributed by atoms with E-state index in [1.54, 1.807) is 11.8 Å². The van der Waals surface area contributed by atoms with Crippen molar-refractivity contribution in [2.45, 2.75) is 97.7 Å². The van der Waals surface area contributed by atoms with E-state index in [1.165, 1.54) is 6.42 Å². The summed E-state index contributed by atoms with van der Waals surface area (Å²) < 4.78 is -0.589. The van der Waals surface area contributed by atoms with E-state index in [4.69, 9.17) is 5.11 Å². The summed E-state index contributed by atoms with van der Waals surface area (Å²) in [6, 6.07) is 9.43. The lowest BCUT2D eigenvalue weighted by molar-refractivity contribution is -0.140. The van der Waals surface area contributed by atoms with Crippen LogP contribution in [0.1, 0.15) is 69.8 Å². The molecule has 5 rings (SSSR count). The minimum Gasteiger partial charge on any atom is -0.396 e. The molecule has 9 heteroatoms. The smallest absolute Gasteiger partial charge is 0.244 e. The van der Waals surface area contributed by atoms with Crippen LogP contribution in [0.15, 0.2) is 30.3 Å². The number of thioether (sulfide) groups is 1. The van der Waals surface area contributed by atoms with Crippen molar-refractivity contribution in [3.05, 3.63) is 35.9 Å². The predicted octanol–water partition coefficient (Wildman–Crippen LogP) is 3.77. The number of likely N-dealkylation sites (tertiary alicyclic amines) is 1. The van der Waals surface area contributed by atoms with Crippen molar-refractivity contribution in [2.24, 2.45) is 11.8 Å². The van der Waals surface area contributed by atoms with Gasteiger partial charge in [0.25, 0.3) is 0 Å². The highest BCUT2D eigenvalue weighted by Crippen LogP contribution is 2.67. The van der Waals surface area contributed by atoms with Crippen LogP contribution in [0.25, 0.3) is 0 Å². The molecule has 1 aliphatic carbocycles. The second kappa shape index (κ2) is 12.3. The van der Waals surface area contributed by atoms with E-state index in [1.807, 2.05) is 35.2 Å². The Labute approximate surface area is 238 Å². The van der Waals surface area contributed by atoms with Gasteiger partial charge >= 0.3 is 0 Å². The van der Waals surface area contributed by atoms with E-state index >= 15 is 0 Å². The maximum absolute atomic E-state index is 14.1. The Morgan fingerprint density at radius 3 is 2.53 bits per heavy atom. The van der Waals surface area contributed by atoms with Crippen LogP contribution < -0.4 is 10.6 Å². The zero-order valence-corrected chi connectivity index (χ0v) is 24.4. The number of nitrogens with one attached hydrogen (secondary N) is 2. The zero-order chi connectivity index (χ0) is 26.7. The molecule has 6 atom stereocenters. The molecule has 7 nitrogen and oxygen atoms in total. The summed E-state index contributed by atoms with van der Waals surface area (Å²) in [5.74, 6) is -1.11. The zero-order valence-electron chi connectivity index (χ0n) is 21.9. The highest BCUT2D eigenvalue weighted by Gasteiger charge is 2.75. The summed E-state index contributed by atoms with van der Waals surface area (Å²) in [7, 11) is 0. The molecule has 1 spiro atoms. The normalized spacial score (nSPS) is 32.4. The molecule has 4 aliphatic rings. The first-order valence-electron chi connectivity index (χ1n) is 14.3. The van der Waals surface area contributed by atoms with Crippen molar-refractivity contribution in [3.8, 4) is 0 Å². The maximum atomic E-state index is 14.1. The number of unbranched alkanes of at least 4 members (excludes halogenated alkanes) is 3. The van der Waals surface area contributed by atoms with Crippen LogP contribution >= 0.6 is 27.7 Å². The third kappa shape index (κ3) is 5.39. The van der Waals surface area contributed by atoms with E-state index in [0.29, 0.717) is 19.5 Å². The number of hydrogen-bond donors (Lipinski definition) is 3. The average molecular weight is 607 g/mol. The van der Waals surface area contributed by atoms with Crippen LogP contribution in [0, 0.1) is 11.8 Å². The second-order valence-corrected chi connectivity index (χ2v) is 14.1. The number of rotatable bonds is 11. The summed E-state index contributed by atoms with van der Waals surface area (Å²) in [6.45, 7) is 1.11. The first-order valence-corrected chi connectivity index (χ1v) is 16.1. The summed E-state index contributed by atoms with van der Waals surface area (Å²) in [6.07, 6.45) is 9.50. The Kier molecular flexibility index (Phi) is 9.05. The summed E-state index contributed by atoms with van der Waals surface area (Å²) in [5.41, 5.74) is 1.02. The molecule has 38 heavy (non-hydrogen) atoms. The molecule has 0 aromatic heterocycles. The van der Waals surface area contributed by atoms with Gasteiger partial charge in [-0.1, -0.05) is 78.4 Å². The molecule has 3 unspecified atom stereocenters. The maximum Gasteiger partial charge on any atom is 0.244 e. The largest absolute Gasteiger partial charge is 0.396 e. The van der Waals surface area contributed by atoms with Gasteiger partial charge in [-0.25, -0.2) is 0 Å². The van der Waals surface area contributed by atoms with Crippen molar-refractivity contribution in [1.82, 2.24) is 15.5 Å².